The van der Waals surface area contributed by atoms with Crippen LogP contribution in [0.2, 0.25) is 0 Å². The van der Waals surface area contributed by atoms with Gasteiger partial charge in [0, 0.05) is 5.69 Å². The minimum absolute atomic E-state index is 0.000565. The topological polar surface area (TPSA) is 79.2 Å². The molecule has 0 heterocycles. The van der Waals surface area contributed by atoms with E-state index in [2.05, 4.69) is 12.2 Å². The number of carbonyl (C=O) groups excluding carboxylic acids is 2. The van der Waals surface area contributed by atoms with E-state index < -0.39 is 5.91 Å². The number of esters is 1. The van der Waals surface area contributed by atoms with Gasteiger partial charge in [-0.25, -0.2) is 4.79 Å². The molecular weight excluding hydrogens is 340 g/mol. The van der Waals surface area contributed by atoms with Crippen molar-refractivity contribution in [2.24, 2.45) is 0 Å². The van der Waals surface area contributed by atoms with Crippen molar-refractivity contribution < 1.29 is 14.3 Å². The Bertz CT molecular complexity index is 834. The molecule has 0 aliphatic carbocycles. The van der Waals surface area contributed by atoms with Gasteiger partial charge in [0.25, 0.3) is 5.91 Å². The number of benzene rings is 2. The SMILES string of the molecule is CCCCCOC(=O)c1ccc(NC(=O)/C(C#N)=C/c2ccccc2)cc1. The van der Waals surface area contributed by atoms with Crippen molar-refractivity contribution in [3.8, 4) is 6.07 Å². The highest BCUT2D eigenvalue weighted by Gasteiger charge is 2.11. The average molecular weight is 362 g/mol. The third-order valence-electron chi connectivity index (χ3n) is 3.84. The van der Waals surface area contributed by atoms with Crippen LogP contribution in [0.25, 0.3) is 6.08 Å². The van der Waals surface area contributed by atoms with Crippen LogP contribution in [0.5, 0.6) is 0 Å². The molecule has 0 radical (unpaired) electrons. The average Bonchev–Trinajstić information content (AvgIpc) is 2.70. The maximum Gasteiger partial charge on any atom is 0.338 e. The predicted molar refractivity (Wildman–Crippen MR) is 105 cm³/mol. The van der Waals surface area contributed by atoms with Crippen LogP contribution in [-0.4, -0.2) is 18.5 Å². The minimum atomic E-state index is -0.503. The van der Waals surface area contributed by atoms with Gasteiger partial charge < -0.3 is 10.1 Å². The Morgan fingerprint density at radius 1 is 1.07 bits per heavy atom. The first-order chi connectivity index (χ1) is 13.1. The van der Waals surface area contributed by atoms with Gasteiger partial charge in [-0.3, -0.25) is 4.79 Å². The van der Waals surface area contributed by atoms with Gasteiger partial charge in [0.2, 0.25) is 0 Å². The highest BCUT2D eigenvalue weighted by Crippen LogP contribution is 2.13. The van der Waals surface area contributed by atoms with Crippen LogP contribution in [0.3, 0.4) is 0 Å². The molecule has 2 aromatic carbocycles. The molecule has 1 N–H and O–H groups in total. The van der Waals surface area contributed by atoms with Crippen molar-refractivity contribution in [2.45, 2.75) is 26.2 Å². The lowest BCUT2D eigenvalue weighted by Crippen LogP contribution is -2.13. The maximum absolute atomic E-state index is 12.3. The van der Waals surface area contributed by atoms with Crippen molar-refractivity contribution >= 4 is 23.6 Å². The summed E-state index contributed by atoms with van der Waals surface area (Å²) in [5.41, 5.74) is 1.69. The zero-order valence-electron chi connectivity index (χ0n) is 15.3. The number of unbranched alkanes of at least 4 members (excludes halogenated alkanes) is 2. The van der Waals surface area contributed by atoms with Gasteiger partial charge in [0.05, 0.1) is 12.2 Å². The molecule has 138 valence electrons. The Kier molecular flexibility index (Phi) is 7.80. The van der Waals surface area contributed by atoms with Gasteiger partial charge in [-0.2, -0.15) is 5.26 Å². The van der Waals surface area contributed by atoms with E-state index in [-0.39, 0.29) is 11.5 Å². The summed E-state index contributed by atoms with van der Waals surface area (Å²) in [4.78, 5) is 24.2. The Morgan fingerprint density at radius 3 is 2.41 bits per heavy atom. The highest BCUT2D eigenvalue weighted by molar-refractivity contribution is 6.09. The van der Waals surface area contributed by atoms with Crippen LogP contribution in [0.1, 0.15) is 42.1 Å². The zero-order valence-corrected chi connectivity index (χ0v) is 15.3. The summed E-state index contributed by atoms with van der Waals surface area (Å²) in [6.07, 6.45) is 4.46. The van der Waals surface area contributed by atoms with E-state index in [0.717, 1.165) is 24.8 Å². The number of ether oxygens (including phenoxy) is 1. The maximum atomic E-state index is 12.3. The molecule has 0 saturated carbocycles. The summed E-state index contributed by atoms with van der Waals surface area (Å²) in [6.45, 7) is 2.49. The second-order valence-electron chi connectivity index (χ2n) is 5.96. The Balaban J connectivity index is 1.97. The monoisotopic (exact) mass is 362 g/mol. The van der Waals surface area contributed by atoms with Crippen LogP contribution >= 0.6 is 0 Å². The van der Waals surface area contributed by atoms with Gasteiger partial charge in [0.1, 0.15) is 11.6 Å². The molecule has 0 spiro atoms. The fourth-order valence-electron chi connectivity index (χ4n) is 2.35. The van der Waals surface area contributed by atoms with E-state index >= 15 is 0 Å². The smallest absolute Gasteiger partial charge is 0.338 e. The van der Waals surface area contributed by atoms with Crippen molar-refractivity contribution in [3.63, 3.8) is 0 Å². The zero-order chi connectivity index (χ0) is 19.5. The molecule has 0 fully saturated rings. The number of amides is 1. The van der Waals surface area contributed by atoms with Crippen molar-refractivity contribution in [3.05, 3.63) is 71.3 Å². The molecule has 1 amide bonds. The molecule has 5 heteroatoms. The third kappa shape index (κ3) is 6.44. The number of nitrogens with zero attached hydrogens (tertiary/aromatic N) is 1. The number of hydrogen-bond donors (Lipinski definition) is 1. The minimum Gasteiger partial charge on any atom is -0.462 e. The molecule has 0 unspecified atom stereocenters. The fourth-order valence-corrected chi connectivity index (χ4v) is 2.35. The second kappa shape index (κ2) is 10.6. The van der Waals surface area contributed by atoms with Crippen molar-refractivity contribution in [2.75, 3.05) is 11.9 Å². The molecule has 0 bridgehead atoms. The lowest BCUT2D eigenvalue weighted by Gasteiger charge is -2.07. The first-order valence-electron chi connectivity index (χ1n) is 8.89. The summed E-state index contributed by atoms with van der Waals surface area (Å²) in [5, 5.41) is 11.9. The number of carbonyl (C=O) groups is 2. The molecule has 2 rings (SSSR count). The standard InChI is InChI=1S/C22H22N2O3/c1-2-3-7-14-27-22(26)18-10-12-20(13-11-18)24-21(25)19(16-23)15-17-8-5-4-6-9-17/h4-6,8-13,15H,2-3,7,14H2,1H3,(H,24,25)/b19-15+. The summed E-state index contributed by atoms with van der Waals surface area (Å²) in [7, 11) is 0. The summed E-state index contributed by atoms with van der Waals surface area (Å²) in [5.74, 6) is -0.887. The normalized spacial score (nSPS) is 10.7. The van der Waals surface area contributed by atoms with Crippen LogP contribution in [0.15, 0.2) is 60.2 Å². The molecule has 0 aromatic heterocycles. The van der Waals surface area contributed by atoms with E-state index in [1.807, 2.05) is 36.4 Å². The molecule has 0 aliphatic rings. The number of rotatable bonds is 8. The quantitative estimate of drug-likeness (QED) is 0.323. The van der Waals surface area contributed by atoms with E-state index in [1.54, 1.807) is 24.3 Å². The Labute approximate surface area is 159 Å². The molecule has 0 atom stereocenters. The van der Waals surface area contributed by atoms with Gasteiger partial charge in [-0.1, -0.05) is 50.1 Å². The predicted octanol–water partition coefficient (Wildman–Crippen LogP) is 4.58. The van der Waals surface area contributed by atoms with Crippen LogP contribution < -0.4 is 5.32 Å². The molecular formula is C22H22N2O3. The molecule has 27 heavy (non-hydrogen) atoms. The van der Waals surface area contributed by atoms with Gasteiger partial charge in [-0.05, 0) is 42.3 Å². The molecule has 5 nitrogen and oxygen atoms in total. The Hall–Kier alpha value is -3.39. The lowest BCUT2D eigenvalue weighted by molar-refractivity contribution is -0.112. The van der Waals surface area contributed by atoms with Crippen LogP contribution in [0, 0.1) is 11.3 Å². The fraction of sp³-hybridized carbons (Fsp3) is 0.227. The lowest BCUT2D eigenvalue weighted by atomic mass is 10.1. The number of hydrogen-bond acceptors (Lipinski definition) is 4. The van der Waals surface area contributed by atoms with E-state index in [9.17, 15) is 14.9 Å². The van der Waals surface area contributed by atoms with Crippen LogP contribution in [0.4, 0.5) is 5.69 Å². The largest absolute Gasteiger partial charge is 0.462 e. The summed E-state index contributed by atoms with van der Waals surface area (Å²) >= 11 is 0. The molecule has 2 aromatic rings. The second-order valence-corrected chi connectivity index (χ2v) is 5.96. The molecule has 0 saturated heterocycles. The first-order valence-corrected chi connectivity index (χ1v) is 8.89. The first kappa shape index (κ1) is 19.9. The van der Waals surface area contributed by atoms with Gasteiger partial charge in [0.15, 0.2) is 0 Å². The molecule has 0 aliphatic heterocycles. The summed E-state index contributed by atoms with van der Waals surface area (Å²) < 4.78 is 5.19. The van der Waals surface area contributed by atoms with Crippen LogP contribution in [-0.2, 0) is 9.53 Å². The van der Waals surface area contributed by atoms with E-state index in [4.69, 9.17) is 4.74 Å². The number of anilines is 1. The number of nitrogens with one attached hydrogen (secondary N) is 1. The number of nitriles is 1. The van der Waals surface area contributed by atoms with E-state index in [0.29, 0.717) is 17.9 Å². The Morgan fingerprint density at radius 2 is 1.78 bits per heavy atom. The van der Waals surface area contributed by atoms with Crippen molar-refractivity contribution in [1.82, 2.24) is 0 Å². The third-order valence-corrected chi connectivity index (χ3v) is 3.84. The highest BCUT2D eigenvalue weighted by atomic mass is 16.5. The van der Waals surface area contributed by atoms with Gasteiger partial charge in [-0.15, -0.1) is 0 Å². The van der Waals surface area contributed by atoms with E-state index in [1.165, 1.54) is 6.08 Å². The van der Waals surface area contributed by atoms with Gasteiger partial charge >= 0.3 is 5.97 Å². The van der Waals surface area contributed by atoms with Crippen molar-refractivity contribution in [1.29, 1.82) is 5.26 Å². The summed E-state index contributed by atoms with van der Waals surface area (Å²) in [6, 6.07) is 17.5.